The molecule has 2 rings (SSSR count). The normalized spacial score (nSPS) is 9.93. The molecule has 0 unspecified atom stereocenters. The molecule has 4 heteroatoms. The van der Waals surface area contributed by atoms with E-state index >= 15 is 0 Å². The van der Waals surface area contributed by atoms with Crippen molar-refractivity contribution in [2.24, 2.45) is 0 Å². The van der Waals surface area contributed by atoms with E-state index in [1.807, 2.05) is 25.2 Å². The van der Waals surface area contributed by atoms with Crippen LogP contribution in [0, 0.1) is 11.8 Å². The van der Waals surface area contributed by atoms with Gasteiger partial charge in [0.05, 0.1) is 22.3 Å². The molecule has 0 aliphatic carbocycles. The molecule has 0 radical (unpaired) electrons. The van der Waals surface area contributed by atoms with Gasteiger partial charge in [-0.1, -0.05) is 29.2 Å². The minimum atomic E-state index is 0.591. The van der Waals surface area contributed by atoms with Crippen molar-refractivity contribution in [1.29, 1.82) is 0 Å². The third kappa shape index (κ3) is 2.09. The predicted molar refractivity (Wildman–Crippen MR) is 64.8 cm³/mol. The fraction of sp³-hybridized carbons (Fsp3) is 0.182. The lowest BCUT2D eigenvalue weighted by Gasteiger charge is -1.91. The Hall–Kier alpha value is -1.57. The molecule has 0 spiro atoms. The highest BCUT2D eigenvalue weighted by Crippen LogP contribution is 2.25. The molecule has 0 bridgehead atoms. The van der Waals surface area contributed by atoms with Crippen LogP contribution in [0.2, 0.25) is 0 Å². The summed E-state index contributed by atoms with van der Waals surface area (Å²) in [5, 5.41) is 3.57. The number of aromatic nitrogens is 1. The van der Waals surface area contributed by atoms with Gasteiger partial charge in [-0.3, -0.25) is 0 Å². The molecule has 0 aliphatic heterocycles. The summed E-state index contributed by atoms with van der Waals surface area (Å²) < 4.78 is 1.09. The quantitative estimate of drug-likeness (QED) is 0.711. The summed E-state index contributed by atoms with van der Waals surface area (Å²) in [5.41, 5.74) is 7.51. The lowest BCUT2D eigenvalue weighted by atomic mass is 10.2. The lowest BCUT2D eigenvalue weighted by Crippen LogP contribution is -2.04. The van der Waals surface area contributed by atoms with Gasteiger partial charge in [-0.2, -0.15) is 0 Å². The highest BCUT2D eigenvalue weighted by Gasteiger charge is 2.03. The van der Waals surface area contributed by atoms with E-state index < -0.39 is 0 Å². The van der Waals surface area contributed by atoms with Gasteiger partial charge < -0.3 is 11.1 Å². The molecule has 15 heavy (non-hydrogen) atoms. The van der Waals surface area contributed by atoms with Crippen molar-refractivity contribution >= 4 is 26.7 Å². The second kappa shape index (κ2) is 4.30. The summed E-state index contributed by atoms with van der Waals surface area (Å²) >= 11 is 1.49. The first kappa shape index (κ1) is 9.97. The fourth-order valence-corrected chi connectivity index (χ4v) is 2.06. The van der Waals surface area contributed by atoms with Gasteiger partial charge in [0.1, 0.15) is 0 Å². The number of nitrogens with zero attached hydrogens (tertiary/aromatic N) is 1. The first-order chi connectivity index (χ1) is 7.31. The second-order valence-corrected chi connectivity index (χ2v) is 4.10. The average Bonchev–Trinajstić information content (AvgIpc) is 2.59. The van der Waals surface area contributed by atoms with Gasteiger partial charge in [-0.25, -0.2) is 4.98 Å². The number of hydrogen-bond donors (Lipinski definition) is 2. The Bertz CT molecular complexity index is 533. The van der Waals surface area contributed by atoms with Gasteiger partial charge in [0.25, 0.3) is 0 Å². The number of anilines is 1. The lowest BCUT2D eigenvalue weighted by molar-refractivity contribution is 0.938. The van der Waals surface area contributed by atoms with E-state index in [1.54, 1.807) is 0 Å². The number of hydrogen-bond acceptors (Lipinski definition) is 4. The minimum Gasteiger partial charge on any atom is -0.375 e. The van der Waals surface area contributed by atoms with Crippen LogP contribution in [0.5, 0.6) is 0 Å². The molecule has 0 amide bonds. The van der Waals surface area contributed by atoms with Crippen LogP contribution in [-0.2, 0) is 0 Å². The molecule has 0 saturated heterocycles. The summed E-state index contributed by atoms with van der Waals surface area (Å²) in [6, 6.07) is 5.94. The number of benzene rings is 1. The molecule has 0 atom stereocenters. The maximum atomic E-state index is 5.66. The molecular formula is C11H11N3S. The third-order valence-electron chi connectivity index (χ3n) is 1.92. The van der Waals surface area contributed by atoms with Gasteiger partial charge in [-0.05, 0) is 19.2 Å². The highest BCUT2D eigenvalue weighted by atomic mass is 32.1. The van der Waals surface area contributed by atoms with Crippen LogP contribution in [0.4, 0.5) is 5.13 Å². The fourth-order valence-electron chi connectivity index (χ4n) is 1.29. The van der Waals surface area contributed by atoms with E-state index in [9.17, 15) is 0 Å². The van der Waals surface area contributed by atoms with Crippen LogP contribution in [0.25, 0.3) is 10.2 Å². The van der Waals surface area contributed by atoms with Crippen LogP contribution < -0.4 is 11.1 Å². The number of nitrogens with one attached hydrogen (secondary N) is 1. The van der Waals surface area contributed by atoms with E-state index in [4.69, 9.17) is 5.73 Å². The predicted octanol–water partition coefficient (Wildman–Crippen LogP) is 1.45. The van der Waals surface area contributed by atoms with E-state index in [0.29, 0.717) is 11.7 Å². The smallest absolute Gasteiger partial charge is 0.181 e. The topological polar surface area (TPSA) is 50.9 Å². The van der Waals surface area contributed by atoms with Crippen LogP contribution in [0.1, 0.15) is 5.56 Å². The zero-order valence-electron chi connectivity index (χ0n) is 8.37. The molecule has 2 aromatic rings. The SMILES string of the molecule is CNCC#Cc1cccc2sc(N)nc12. The Kier molecular flexibility index (Phi) is 2.86. The zero-order chi connectivity index (χ0) is 10.7. The number of thiazole rings is 1. The number of fused-ring (bicyclic) bond motifs is 1. The van der Waals surface area contributed by atoms with Crippen LogP contribution >= 0.6 is 11.3 Å². The molecule has 3 N–H and O–H groups in total. The molecule has 1 heterocycles. The van der Waals surface area contributed by atoms with Gasteiger partial charge >= 0.3 is 0 Å². The summed E-state index contributed by atoms with van der Waals surface area (Å²) in [7, 11) is 1.87. The van der Waals surface area contributed by atoms with Gasteiger partial charge in [0, 0.05) is 0 Å². The highest BCUT2D eigenvalue weighted by molar-refractivity contribution is 7.22. The molecule has 0 aliphatic rings. The van der Waals surface area contributed by atoms with Gasteiger partial charge in [0.15, 0.2) is 5.13 Å². The molecule has 1 aromatic heterocycles. The Balaban J connectivity index is 2.47. The van der Waals surface area contributed by atoms with Crippen molar-refractivity contribution in [2.45, 2.75) is 0 Å². The monoisotopic (exact) mass is 217 g/mol. The van der Waals surface area contributed by atoms with Crippen LogP contribution in [0.15, 0.2) is 18.2 Å². The number of para-hydroxylation sites is 1. The molecular weight excluding hydrogens is 206 g/mol. The molecule has 1 aromatic carbocycles. The first-order valence-corrected chi connectivity index (χ1v) is 5.41. The van der Waals surface area contributed by atoms with Crippen molar-refractivity contribution < 1.29 is 0 Å². The van der Waals surface area contributed by atoms with E-state index in [0.717, 1.165) is 15.8 Å². The summed E-state index contributed by atoms with van der Waals surface area (Å²) in [4.78, 5) is 4.27. The van der Waals surface area contributed by atoms with Gasteiger partial charge in [-0.15, -0.1) is 0 Å². The Labute approximate surface area is 92.3 Å². The Morgan fingerprint density at radius 1 is 1.53 bits per heavy atom. The second-order valence-electron chi connectivity index (χ2n) is 3.04. The van der Waals surface area contributed by atoms with E-state index in [-0.39, 0.29) is 0 Å². The van der Waals surface area contributed by atoms with E-state index in [1.165, 1.54) is 11.3 Å². The molecule has 76 valence electrons. The van der Waals surface area contributed by atoms with E-state index in [2.05, 4.69) is 22.1 Å². The number of nitrogens with two attached hydrogens (primary N) is 1. The number of rotatable bonds is 1. The summed E-state index contributed by atoms with van der Waals surface area (Å²) in [5.74, 6) is 6.09. The maximum absolute atomic E-state index is 5.66. The van der Waals surface area contributed by atoms with Gasteiger partial charge in [0.2, 0.25) is 0 Å². The van der Waals surface area contributed by atoms with Crippen molar-refractivity contribution in [3.8, 4) is 11.8 Å². The Morgan fingerprint density at radius 2 is 2.40 bits per heavy atom. The summed E-state index contributed by atoms with van der Waals surface area (Å²) in [6.45, 7) is 0.677. The maximum Gasteiger partial charge on any atom is 0.181 e. The molecule has 0 fully saturated rings. The minimum absolute atomic E-state index is 0.591. The molecule has 0 saturated carbocycles. The zero-order valence-corrected chi connectivity index (χ0v) is 9.19. The summed E-state index contributed by atoms with van der Waals surface area (Å²) in [6.07, 6.45) is 0. The van der Waals surface area contributed by atoms with Crippen LogP contribution in [0.3, 0.4) is 0 Å². The van der Waals surface area contributed by atoms with Crippen molar-refractivity contribution in [3.63, 3.8) is 0 Å². The standard InChI is InChI=1S/C11H11N3S/c1-13-7-3-5-8-4-2-6-9-10(8)14-11(12)15-9/h2,4,6,13H,7H2,1H3,(H2,12,14). The molecule has 3 nitrogen and oxygen atoms in total. The van der Waals surface area contributed by atoms with Crippen molar-refractivity contribution in [3.05, 3.63) is 23.8 Å². The number of nitrogen functional groups attached to an aromatic ring is 1. The average molecular weight is 217 g/mol. The largest absolute Gasteiger partial charge is 0.375 e. The Morgan fingerprint density at radius 3 is 3.20 bits per heavy atom. The first-order valence-electron chi connectivity index (χ1n) is 4.60. The van der Waals surface area contributed by atoms with Crippen LogP contribution in [-0.4, -0.2) is 18.6 Å². The third-order valence-corrected chi connectivity index (χ3v) is 2.77. The van der Waals surface area contributed by atoms with Crippen molar-refractivity contribution in [1.82, 2.24) is 10.3 Å². The van der Waals surface area contributed by atoms with Crippen molar-refractivity contribution in [2.75, 3.05) is 19.3 Å².